The largest absolute Gasteiger partial charge is 0.449 e. The highest BCUT2D eigenvalue weighted by molar-refractivity contribution is 5.87. The Morgan fingerprint density at radius 2 is 1.61 bits per heavy atom. The molecule has 38 heavy (non-hydrogen) atoms. The van der Waals surface area contributed by atoms with Crippen LogP contribution in [0.5, 0.6) is 0 Å². The molecule has 4 nitrogen and oxygen atoms in total. The minimum Gasteiger partial charge on any atom is -0.449 e. The van der Waals surface area contributed by atoms with Crippen LogP contribution in [0.25, 0.3) is 0 Å². The third kappa shape index (κ3) is 6.27. The van der Waals surface area contributed by atoms with Gasteiger partial charge in [0.05, 0.1) is 18.8 Å². The van der Waals surface area contributed by atoms with E-state index in [1.165, 1.54) is 36.1 Å². The number of nitrogens with zero attached hydrogens (tertiary/aromatic N) is 2. The first-order valence-corrected chi connectivity index (χ1v) is 13.8. The molecule has 1 aliphatic heterocycles. The van der Waals surface area contributed by atoms with Gasteiger partial charge in [0.1, 0.15) is 5.82 Å². The molecule has 5 heteroatoms. The fourth-order valence-electron chi connectivity index (χ4n) is 6.12. The number of carbonyl (C=O) groups is 1. The Balaban J connectivity index is 1.24. The normalized spacial score (nSPS) is 21.3. The Morgan fingerprint density at radius 3 is 2.24 bits per heavy atom. The minimum absolute atomic E-state index is 0.0513. The van der Waals surface area contributed by atoms with Gasteiger partial charge in [-0.1, -0.05) is 81.4 Å². The van der Waals surface area contributed by atoms with E-state index >= 15 is 0 Å². The molecule has 0 N–H and O–H groups in total. The summed E-state index contributed by atoms with van der Waals surface area (Å²) in [6.45, 7) is 10.3. The molecule has 1 saturated carbocycles. The van der Waals surface area contributed by atoms with E-state index in [9.17, 15) is 9.18 Å². The number of benzene rings is 3. The molecule has 5 rings (SSSR count). The van der Waals surface area contributed by atoms with Crippen LogP contribution in [0.15, 0.2) is 78.9 Å². The Kier molecular flexibility index (Phi) is 7.85. The molecule has 2 unspecified atom stereocenters. The molecule has 1 amide bonds. The van der Waals surface area contributed by atoms with Gasteiger partial charge >= 0.3 is 6.09 Å². The van der Waals surface area contributed by atoms with E-state index in [4.69, 9.17) is 4.74 Å². The number of piperidine rings is 1. The summed E-state index contributed by atoms with van der Waals surface area (Å²) >= 11 is 0. The Bertz CT molecular complexity index is 1210. The summed E-state index contributed by atoms with van der Waals surface area (Å²) in [4.78, 5) is 17.5. The Labute approximate surface area is 226 Å². The average Bonchev–Trinajstić information content (AvgIpc) is 3.13. The number of carbonyl (C=O) groups excluding carboxylic acids is 1. The van der Waals surface area contributed by atoms with E-state index in [0.29, 0.717) is 36.6 Å². The molecule has 2 bridgehead atoms. The van der Waals surface area contributed by atoms with Crippen LogP contribution in [0.3, 0.4) is 0 Å². The number of amides is 1. The maximum Gasteiger partial charge on any atom is 0.414 e. The summed E-state index contributed by atoms with van der Waals surface area (Å²) in [5.74, 6) is 1.09. The summed E-state index contributed by atoms with van der Waals surface area (Å²) in [6.07, 6.45) is 1.96. The van der Waals surface area contributed by atoms with Gasteiger partial charge in [-0.25, -0.2) is 9.18 Å². The summed E-state index contributed by atoms with van der Waals surface area (Å²) in [7, 11) is 0. The van der Waals surface area contributed by atoms with Crippen molar-refractivity contribution in [3.63, 3.8) is 0 Å². The molecular formula is C33H39FN2O2. The van der Waals surface area contributed by atoms with Gasteiger partial charge < -0.3 is 4.74 Å². The molecule has 2 aliphatic rings. The smallest absolute Gasteiger partial charge is 0.414 e. The lowest BCUT2D eigenvalue weighted by molar-refractivity contribution is 0.0506. The molecule has 1 saturated heterocycles. The lowest BCUT2D eigenvalue weighted by Gasteiger charge is -2.38. The Morgan fingerprint density at radius 1 is 0.921 bits per heavy atom. The van der Waals surface area contributed by atoms with Crippen molar-refractivity contribution in [2.24, 2.45) is 17.8 Å². The van der Waals surface area contributed by atoms with E-state index in [-0.39, 0.29) is 11.2 Å². The summed E-state index contributed by atoms with van der Waals surface area (Å²) in [6, 6.07) is 25.1. The highest BCUT2D eigenvalue weighted by Gasteiger charge is 2.42. The minimum atomic E-state index is -0.415. The second-order valence-corrected chi connectivity index (χ2v) is 12.0. The summed E-state index contributed by atoms with van der Waals surface area (Å²) in [5, 5.41) is 0. The van der Waals surface area contributed by atoms with Gasteiger partial charge in [0.2, 0.25) is 0 Å². The van der Waals surface area contributed by atoms with Gasteiger partial charge in [0.25, 0.3) is 0 Å². The zero-order valence-corrected chi connectivity index (χ0v) is 22.8. The van der Waals surface area contributed by atoms with Crippen LogP contribution in [0, 0.1) is 23.6 Å². The number of rotatable bonds is 7. The highest BCUT2D eigenvalue weighted by atomic mass is 19.1. The van der Waals surface area contributed by atoms with E-state index in [1.54, 1.807) is 17.0 Å². The average molecular weight is 515 g/mol. The first-order chi connectivity index (χ1) is 18.3. The highest BCUT2D eigenvalue weighted by Crippen LogP contribution is 2.42. The van der Waals surface area contributed by atoms with Crippen LogP contribution in [0.4, 0.5) is 14.9 Å². The van der Waals surface area contributed by atoms with Gasteiger partial charge in [-0.15, -0.1) is 0 Å². The van der Waals surface area contributed by atoms with Crippen LogP contribution in [-0.4, -0.2) is 30.7 Å². The van der Waals surface area contributed by atoms with Crippen molar-refractivity contribution in [3.8, 4) is 0 Å². The van der Waals surface area contributed by atoms with Crippen LogP contribution in [0.2, 0.25) is 0 Å². The van der Waals surface area contributed by atoms with Gasteiger partial charge in [-0.2, -0.15) is 0 Å². The van der Waals surface area contributed by atoms with Crippen molar-refractivity contribution >= 4 is 11.8 Å². The first-order valence-electron chi connectivity index (χ1n) is 13.8. The second-order valence-electron chi connectivity index (χ2n) is 12.0. The Hall–Kier alpha value is -3.18. The van der Waals surface area contributed by atoms with Gasteiger partial charge in [-0.05, 0) is 65.0 Å². The van der Waals surface area contributed by atoms with Crippen LogP contribution < -0.4 is 4.90 Å². The first kappa shape index (κ1) is 26.4. The lowest BCUT2D eigenvalue weighted by Crippen LogP contribution is -2.44. The van der Waals surface area contributed by atoms with Gasteiger partial charge in [-0.3, -0.25) is 9.80 Å². The predicted molar refractivity (Wildman–Crippen MR) is 150 cm³/mol. The molecule has 0 aromatic heterocycles. The van der Waals surface area contributed by atoms with Crippen molar-refractivity contribution < 1.29 is 13.9 Å². The zero-order chi connectivity index (χ0) is 26.7. The van der Waals surface area contributed by atoms with Crippen molar-refractivity contribution in [1.29, 1.82) is 0 Å². The quantitative estimate of drug-likeness (QED) is 0.329. The lowest BCUT2D eigenvalue weighted by atomic mass is 9.85. The standard InChI is InChI=1S/C33H39FN2O2/c1-33(2,3)28-16-12-25(13-17-28)20-36(30-11-7-10-29(34)18-30)32(37)38-23-31-26-14-15-27(31)22-35(21-26)19-24-8-5-4-6-9-24/h4-13,16-18,26-27,31H,14-15,19-23H2,1-3H3. The maximum atomic E-state index is 14.1. The van der Waals surface area contributed by atoms with E-state index in [0.717, 1.165) is 25.2 Å². The van der Waals surface area contributed by atoms with Crippen molar-refractivity contribution in [2.75, 3.05) is 24.6 Å². The molecular weight excluding hydrogens is 475 g/mol. The predicted octanol–water partition coefficient (Wildman–Crippen LogP) is 7.42. The fourth-order valence-corrected chi connectivity index (χ4v) is 6.12. The summed E-state index contributed by atoms with van der Waals surface area (Å²) < 4.78 is 20.1. The number of likely N-dealkylation sites (tertiary alicyclic amines) is 1. The third-order valence-corrected chi connectivity index (χ3v) is 8.25. The van der Waals surface area contributed by atoms with Crippen LogP contribution >= 0.6 is 0 Å². The zero-order valence-electron chi connectivity index (χ0n) is 22.8. The number of fused-ring (bicyclic) bond motifs is 2. The maximum absolute atomic E-state index is 14.1. The van der Waals surface area contributed by atoms with Crippen LogP contribution in [-0.2, 0) is 23.2 Å². The molecule has 200 valence electrons. The third-order valence-electron chi connectivity index (χ3n) is 8.25. The molecule has 2 fully saturated rings. The number of hydrogen-bond acceptors (Lipinski definition) is 3. The molecule has 3 aromatic carbocycles. The van der Waals surface area contributed by atoms with E-state index < -0.39 is 6.09 Å². The molecule has 1 heterocycles. The monoisotopic (exact) mass is 514 g/mol. The summed E-state index contributed by atoms with van der Waals surface area (Å²) in [5.41, 5.74) is 4.12. The van der Waals surface area contributed by atoms with Crippen molar-refractivity contribution in [2.45, 2.75) is 52.1 Å². The molecule has 0 spiro atoms. The molecule has 1 aliphatic carbocycles. The number of halogens is 1. The van der Waals surface area contributed by atoms with E-state index in [1.807, 2.05) is 12.1 Å². The van der Waals surface area contributed by atoms with Crippen molar-refractivity contribution in [3.05, 3.63) is 101 Å². The van der Waals surface area contributed by atoms with Gasteiger partial charge in [0, 0.05) is 25.6 Å². The second kappa shape index (κ2) is 11.3. The number of ether oxygens (including phenoxy) is 1. The molecule has 2 atom stereocenters. The molecule has 3 aromatic rings. The number of anilines is 1. The SMILES string of the molecule is CC(C)(C)c1ccc(CN(C(=O)OCC2C3CCC2CN(Cc2ccccc2)C3)c2cccc(F)c2)cc1. The van der Waals surface area contributed by atoms with Crippen LogP contribution in [0.1, 0.15) is 50.3 Å². The van der Waals surface area contributed by atoms with E-state index in [2.05, 4.69) is 68.1 Å². The topological polar surface area (TPSA) is 32.8 Å². The fraction of sp³-hybridized carbons (Fsp3) is 0.424. The van der Waals surface area contributed by atoms with Gasteiger partial charge in [0.15, 0.2) is 0 Å². The number of hydrogen-bond donors (Lipinski definition) is 0. The molecule has 0 radical (unpaired) electrons. The van der Waals surface area contributed by atoms with Crippen molar-refractivity contribution in [1.82, 2.24) is 4.90 Å².